The number of benzene rings is 1. The van der Waals surface area contributed by atoms with Crippen LogP contribution in [0.25, 0.3) is 0 Å². The average Bonchev–Trinajstić information content (AvgIpc) is 2.89. The van der Waals surface area contributed by atoms with Gasteiger partial charge >= 0.3 is 0 Å². The van der Waals surface area contributed by atoms with Crippen LogP contribution < -0.4 is 15.2 Å². The third-order valence-corrected chi connectivity index (χ3v) is 3.49. The van der Waals surface area contributed by atoms with E-state index in [0.717, 1.165) is 23.5 Å². The summed E-state index contributed by atoms with van der Waals surface area (Å²) in [6.45, 7) is 2.56. The van der Waals surface area contributed by atoms with Crippen LogP contribution in [0.15, 0.2) is 35.0 Å². The standard InChI is InChI=1S/C15H19NO2S/c1-11(16)7-12-3-4-14(15(8-12)17-2)18-9-13-5-6-19-10-13/h3-6,8,10-11H,7,9,16H2,1-2H3. The largest absolute Gasteiger partial charge is 0.493 e. The molecule has 3 nitrogen and oxygen atoms in total. The van der Waals surface area contributed by atoms with E-state index in [0.29, 0.717) is 6.61 Å². The van der Waals surface area contributed by atoms with Crippen molar-refractivity contribution in [2.45, 2.75) is 26.0 Å². The lowest BCUT2D eigenvalue weighted by Crippen LogP contribution is -2.17. The van der Waals surface area contributed by atoms with Crippen molar-refractivity contribution >= 4 is 11.3 Å². The molecular weight excluding hydrogens is 258 g/mol. The Labute approximate surface area is 118 Å². The summed E-state index contributed by atoms with van der Waals surface area (Å²) in [5.74, 6) is 1.52. The summed E-state index contributed by atoms with van der Waals surface area (Å²) in [6.07, 6.45) is 0.834. The molecule has 102 valence electrons. The summed E-state index contributed by atoms with van der Waals surface area (Å²) < 4.78 is 11.2. The maximum atomic E-state index is 5.81. The van der Waals surface area contributed by atoms with E-state index in [2.05, 4.69) is 11.4 Å². The predicted octanol–water partition coefficient (Wildman–Crippen LogP) is 3.23. The summed E-state index contributed by atoms with van der Waals surface area (Å²) in [5, 5.41) is 4.12. The van der Waals surface area contributed by atoms with Crippen LogP contribution in [0.2, 0.25) is 0 Å². The van der Waals surface area contributed by atoms with Crippen LogP contribution >= 0.6 is 11.3 Å². The van der Waals surface area contributed by atoms with E-state index in [9.17, 15) is 0 Å². The second kappa shape index (κ2) is 6.59. The number of hydrogen-bond acceptors (Lipinski definition) is 4. The van der Waals surface area contributed by atoms with Crippen LogP contribution in [-0.4, -0.2) is 13.2 Å². The molecule has 0 saturated carbocycles. The van der Waals surface area contributed by atoms with Crippen molar-refractivity contribution in [3.63, 3.8) is 0 Å². The van der Waals surface area contributed by atoms with Gasteiger partial charge in [-0.1, -0.05) is 6.07 Å². The SMILES string of the molecule is COc1cc(CC(C)N)ccc1OCc1ccsc1. The van der Waals surface area contributed by atoms with Gasteiger partial charge < -0.3 is 15.2 Å². The van der Waals surface area contributed by atoms with Crippen molar-refractivity contribution in [1.82, 2.24) is 0 Å². The van der Waals surface area contributed by atoms with Gasteiger partial charge in [-0.25, -0.2) is 0 Å². The first-order chi connectivity index (χ1) is 9.19. The van der Waals surface area contributed by atoms with E-state index < -0.39 is 0 Å². The highest BCUT2D eigenvalue weighted by molar-refractivity contribution is 7.07. The van der Waals surface area contributed by atoms with Crippen molar-refractivity contribution in [3.05, 3.63) is 46.2 Å². The quantitative estimate of drug-likeness (QED) is 0.881. The van der Waals surface area contributed by atoms with Crippen LogP contribution in [0, 0.1) is 0 Å². The van der Waals surface area contributed by atoms with Crippen molar-refractivity contribution in [1.29, 1.82) is 0 Å². The summed E-state index contributed by atoms with van der Waals surface area (Å²) in [7, 11) is 1.66. The Morgan fingerprint density at radius 3 is 2.68 bits per heavy atom. The maximum Gasteiger partial charge on any atom is 0.161 e. The molecule has 1 aromatic heterocycles. The van der Waals surface area contributed by atoms with E-state index in [4.69, 9.17) is 15.2 Å². The molecule has 2 rings (SSSR count). The topological polar surface area (TPSA) is 44.5 Å². The van der Waals surface area contributed by atoms with E-state index in [1.807, 2.05) is 30.5 Å². The molecule has 0 radical (unpaired) electrons. The molecule has 0 amide bonds. The Morgan fingerprint density at radius 1 is 1.21 bits per heavy atom. The Hall–Kier alpha value is -1.52. The Kier molecular flexibility index (Phi) is 4.82. The lowest BCUT2D eigenvalue weighted by Gasteiger charge is -2.12. The molecule has 1 unspecified atom stereocenters. The molecule has 0 spiro atoms. The molecule has 2 N–H and O–H groups in total. The minimum Gasteiger partial charge on any atom is -0.493 e. The molecule has 0 aliphatic carbocycles. The molecule has 19 heavy (non-hydrogen) atoms. The lowest BCUT2D eigenvalue weighted by atomic mass is 10.1. The van der Waals surface area contributed by atoms with Gasteiger partial charge in [-0.15, -0.1) is 0 Å². The van der Waals surface area contributed by atoms with Crippen molar-refractivity contribution in [2.75, 3.05) is 7.11 Å². The second-order valence-electron chi connectivity index (χ2n) is 4.59. The van der Waals surface area contributed by atoms with Crippen molar-refractivity contribution in [3.8, 4) is 11.5 Å². The van der Waals surface area contributed by atoms with Crippen molar-refractivity contribution in [2.24, 2.45) is 5.73 Å². The summed E-state index contributed by atoms with van der Waals surface area (Å²) >= 11 is 1.67. The second-order valence-corrected chi connectivity index (χ2v) is 5.37. The van der Waals surface area contributed by atoms with E-state index in [1.165, 1.54) is 5.56 Å². The summed E-state index contributed by atoms with van der Waals surface area (Å²) in [5.41, 5.74) is 8.14. The van der Waals surface area contributed by atoms with Crippen LogP contribution in [0.3, 0.4) is 0 Å². The molecule has 0 aliphatic rings. The van der Waals surface area contributed by atoms with Crippen LogP contribution in [0.1, 0.15) is 18.1 Å². The molecule has 1 atom stereocenters. The fraction of sp³-hybridized carbons (Fsp3) is 0.333. The highest BCUT2D eigenvalue weighted by atomic mass is 32.1. The highest BCUT2D eigenvalue weighted by Crippen LogP contribution is 2.29. The molecule has 0 fully saturated rings. The van der Waals surface area contributed by atoms with Crippen LogP contribution in [-0.2, 0) is 13.0 Å². The molecule has 0 saturated heterocycles. The minimum atomic E-state index is 0.141. The highest BCUT2D eigenvalue weighted by Gasteiger charge is 2.07. The molecule has 1 heterocycles. The first-order valence-electron chi connectivity index (χ1n) is 6.25. The maximum absolute atomic E-state index is 5.81. The summed E-state index contributed by atoms with van der Waals surface area (Å²) in [4.78, 5) is 0. The number of hydrogen-bond donors (Lipinski definition) is 1. The zero-order valence-corrected chi connectivity index (χ0v) is 12.1. The van der Waals surface area contributed by atoms with Gasteiger partial charge in [0.05, 0.1) is 7.11 Å². The van der Waals surface area contributed by atoms with Gasteiger partial charge in [0.1, 0.15) is 6.61 Å². The Bertz CT molecular complexity index is 509. The smallest absolute Gasteiger partial charge is 0.161 e. The number of methoxy groups -OCH3 is 1. The predicted molar refractivity (Wildman–Crippen MR) is 79.0 cm³/mol. The van der Waals surface area contributed by atoms with E-state index >= 15 is 0 Å². The van der Waals surface area contributed by atoms with Gasteiger partial charge in [0.2, 0.25) is 0 Å². The van der Waals surface area contributed by atoms with Gasteiger partial charge in [0.25, 0.3) is 0 Å². The number of ether oxygens (including phenoxy) is 2. The molecule has 0 aliphatic heterocycles. The molecule has 0 bridgehead atoms. The third-order valence-electron chi connectivity index (χ3n) is 2.76. The molecular formula is C15H19NO2S. The molecule has 2 aromatic rings. The number of rotatable bonds is 6. The van der Waals surface area contributed by atoms with E-state index in [-0.39, 0.29) is 6.04 Å². The van der Waals surface area contributed by atoms with Gasteiger partial charge in [0, 0.05) is 6.04 Å². The fourth-order valence-electron chi connectivity index (χ4n) is 1.87. The first kappa shape index (κ1) is 13.9. The van der Waals surface area contributed by atoms with Gasteiger partial charge in [0.15, 0.2) is 11.5 Å². The Balaban J connectivity index is 2.07. The van der Waals surface area contributed by atoms with Crippen LogP contribution in [0.5, 0.6) is 11.5 Å². The molecule has 1 aromatic carbocycles. The summed E-state index contributed by atoms with van der Waals surface area (Å²) in [6, 6.07) is 8.17. The fourth-order valence-corrected chi connectivity index (χ4v) is 2.52. The van der Waals surface area contributed by atoms with Gasteiger partial charge in [-0.2, -0.15) is 11.3 Å². The normalized spacial score (nSPS) is 12.2. The lowest BCUT2D eigenvalue weighted by molar-refractivity contribution is 0.284. The number of thiophene rings is 1. The van der Waals surface area contributed by atoms with Crippen molar-refractivity contribution < 1.29 is 9.47 Å². The van der Waals surface area contributed by atoms with Gasteiger partial charge in [-0.05, 0) is 53.4 Å². The van der Waals surface area contributed by atoms with Gasteiger partial charge in [-0.3, -0.25) is 0 Å². The first-order valence-corrected chi connectivity index (χ1v) is 7.19. The average molecular weight is 277 g/mol. The minimum absolute atomic E-state index is 0.141. The zero-order chi connectivity index (χ0) is 13.7. The van der Waals surface area contributed by atoms with Crippen LogP contribution in [0.4, 0.5) is 0 Å². The Morgan fingerprint density at radius 2 is 2.05 bits per heavy atom. The molecule has 4 heteroatoms. The van der Waals surface area contributed by atoms with E-state index in [1.54, 1.807) is 18.4 Å². The monoisotopic (exact) mass is 277 g/mol. The third kappa shape index (κ3) is 3.98. The zero-order valence-electron chi connectivity index (χ0n) is 11.3. The number of nitrogens with two attached hydrogens (primary N) is 1.